The molecule has 0 aliphatic heterocycles. The van der Waals surface area contributed by atoms with Gasteiger partial charge in [-0.05, 0) is 18.6 Å². The number of anilines is 1. The van der Waals surface area contributed by atoms with E-state index in [1.165, 1.54) is 18.2 Å². The van der Waals surface area contributed by atoms with E-state index in [4.69, 9.17) is 5.11 Å². The number of halogens is 1. The van der Waals surface area contributed by atoms with E-state index in [-0.39, 0.29) is 5.69 Å². The number of carboxylic acids is 1. The summed E-state index contributed by atoms with van der Waals surface area (Å²) in [6.45, 7) is 0. The van der Waals surface area contributed by atoms with Gasteiger partial charge in [-0.25, -0.2) is 4.39 Å². The van der Waals surface area contributed by atoms with E-state index < -0.39 is 29.5 Å². The molecule has 0 aromatic heterocycles. The number of benzene rings is 1. The Balaban J connectivity index is 1.99. The molecule has 5 heteroatoms. The minimum Gasteiger partial charge on any atom is -0.481 e. The first kappa shape index (κ1) is 10.6. The number of hydrogen-bond acceptors (Lipinski definition) is 2. The summed E-state index contributed by atoms with van der Waals surface area (Å²) in [6.07, 6.45) is 0.329. The molecule has 0 heterocycles. The Labute approximate surface area is 91.1 Å². The molecule has 1 amide bonds. The van der Waals surface area contributed by atoms with Crippen LogP contribution in [0.2, 0.25) is 0 Å². The summed E-state index contributed by atoms with van der Waals surface area (Å²) in [6, 6.07) is 5.78. The largest absolute Gasteiger partial charge is 0.481 e. The highest BCUT2D eigenvalue weighted by molar-refractivity contribution is 5.98. The predicted molar refractivity (Wildman–Crippen MR) is 54.3 cm³/mol. The van der Waals surface area contributed by atoms with Crippen molar-refractivity contribution in [2.24, 2.45) is 11.8 Å². The Morgan fingerprint density at radius 3 is 2.56 bits per heavy atom. The predicted octanol–water partition coefficient (Wildman–Crippen LogP) is 1.48. The summed E-state index contributed by atoms with van der Waals surface area (Å²) < 4.78 is 13.2. The molecule has 1 fully saturated rings. The highest BCUT2D eigenvalue weighted by atomic mass is 19.1. The Kier molecular flexibility index (Phi) is 2.60. The molecule has 0 spiro atoms. The minimum atomic E-state index is -0.978. The number of carbonyl (C=O) groups is 2. The molecule has 16 heavy (non-hydrogen) atoms. The van der Waals surface area contributed by atoms with Gasteiger partial charge < -0.3 is 10.4 Å². The van der Waals surface area contributed by atoms with E-state index in [9.17, 15) is 14.0 Å². The smallest absolute Gasteiger partial charge is 0.307 e. The fourth-order valence-electron chi connectivity index (χ4n) is 1.55. The quantitative estimate of drug-likeness (QED) is 0.815. The number of rotatable bonds is 3. The summed E-state index contributed by atoms with van der Waals surface area (Å²) in [7, 11) is 0. The highest BCUT2D eigenvalue weighted by Gasteiger charge is 2.48. The van der Waals surface area contributed by atoms with Gasteiger partial charge in [-0.3, -0.25) is 9.59 Å². The zero-order chi connectivity index (χ0) is 11.7. The second-order valence-electron chi connectivity index (χ2n) is 3.76. The van der Waals surface area contributed by atoms with Gasteiger partial charge in [0.1, 0.15) is 5.82 Å². The Morgan fingerprint density at radius 1 is 1.31 bits per heavy atom. The van der Waals surface area contributed by atoms with Gasteiger partial charge in [-0.2, -0.15) is 0 Å². The second kappa shape index (κ2) is 3.92. The number of carboxylic acid groups (broad SMARTS) is 1. The number of nitrogens with one attached hydrogen (secondary N) is 1. The summed E-state index contributed by atoms with van der Waals surface area (Å²) >= 11 is 0. The first-order chi connectivity index (χ1) is 7.59. The minimum absolute atomic E-state index is 0.0866. The lowest BCUT2D eigenvalue weighted by Crippen LogP contribution is -2.17. The van der Waals surface area contributed by atoms with E-state index in [1.807, 2.05) is 0 Å². The number of amides is 1. The van der Waals surface area contributed by atoms with Gasteiger partial charge in [0.15, 0.2) is 0 Å². The normalized spacial score (nSPS) is 22.6. The van der Waals surface area contributed by atoms with Crippen LogP contribution >= 0.6 is 0 Å². The first-order valence-electron chi connectivity index (χ1n) is 4.88. The van der Waals surface area contributed by atoms with Crippen LogP contribution < -0.4 is 5.32 Å². The molecule has 1 saturated carbocycles. The molecule has 1 aromatic rings. The molecule has 4 nitrogen and oxygen atoms in total. The zero-order valence-electron chi connectivity index (χ0n) is 8.31. The van der Waals surface area contributed by atoms with Crippen molar-refractivity contribution in [2.45, 2.75) is 6.42 Å². The van der Waals surface area contributed by atoms with Crippen LogP contribution in [0.4, 0.5) is 10.1 Å². The lowest BCUT2D eigenvalue weighted by molar-refractivity contribution is -0.139. The fraction of sp³-hybridized carbons (Fsp3) is 0.273. The third-order valence-electron chi connectivity index (χ3n) is 2.58. The molecule has 1 aliphatic carbocycles. The molecule has 1 aromatic carbocycles. The van der Waals surface area contributed by atoms with Crippen molar-refractivity contribution in [3.8, 4) is 0 Å². The van der Waals surface area contributed by atoms with Crippen LogP contribution in [-0.4, -0.2) is 17.0 Å². The maximum atomic E-state index is 13.2. The van der Waals surface area contributed by atoms with E-state index in [2.05, 4.69) is 5.32 Å². The number of aliphatic carboxylic acids is 1. The number of para-hydroxylation sites is 1. The maximum absolute atomic E-state index is 13.2. The molecule has 2 unspecified atom stereocenters. The Hall–Kier alpha value is -1.91. The molecule has 2 N–H and O–H groups in total. The van der Waals surface area contributed by atoms with Crippen LogP contribution in [0.25, 0.3) is 0 Å². The number of hydrogen-bond donors (Lipinski definition) is 2. The summed E-state index contributed by atoms with van der Waals surface area (Å²) in [5, 5.41) is 11.0. The van der Waals surface area contributed by atoms with Gasteiger partial charge in [0, 0.05) is 0 Å². The summed E-state index contributed by atoms with van der Waals surface area (Å²) in [5.41, 5.74) is 0.0866. The average molecular weight is 223 g/mol. The average Bonchev–Trinajstić information content (AvgIpc) is 3.01. The number of carbonyl (C=O) groups excluding carboxylic acids is 1. The molecular weight excluding hydrogens is 213 g/mol. The van der Waals surface area contributed by atoms with Crippen LogP contribution in [0.5, 0.6) is 0 Å². The third kappa shape index (κ3) is 2.03. The molecule has 0 radical (unpaired) electrons. The van der Waals surface area contributed by atoms with Gasteiger partial charge in [-0.15, -0.1) is 0 Å². The lowest BCUT2D eigenvalue weighted by atomic mass is 10.2. The van der Waals surface area contributed by atoms with Crippen LogP contribution in [0.15, 0.2) is 24.3 Å². The van der Waals surface area contributed by atoms with Crippen molar-refractivity contribution in [2.75, 3.05) is 5.32 Å². The monoisotopic (exact) mass is 223 g/mol. The van der Waals surface area contributed by atoms with Crippen molar-refractivity contribution in [1.29, 1.82) is 0 Å². The standard InChI is InChI=1S/C11H10FNO3/c12-8-3-1-2-4-9(8)13-10(14)6-5-7(6)11(15)16/h1-4,6-7H,5H2,(H,13,14)(H,15,16). The highest BCUT2D eigenvalue weighted by Crippen LogP contribution is 2.39. The molecule has 2 rings (SSSR count). The van der Waals surface area contributed by atoms with Gasteiger partial charge in [0.25, 0.3) is 0 Å². The van der Waals surface area contributed by atoms with Crippen LogP contribution in [-0.2, 0) is 9.59 Å². The topological polar surface area (TPSA) is 66.4 Å². The van der Waals surface area contributed by atoms with Crippen LogP contribution in [0, 0.1) is 17.7 Å². The van der Waals surface area contributed by atoms with Crippen molar-refractivity contribution < 1.29 is 19.1 Å². The van der Waals surface area contributed by atoms with E-state index in [0.717, 1.165) is 0 Å². The van der Waals surface area contributed by atoms with E-state index >= 15 is 0 Å². The summed E-state index contributed by atoms with van der Waals surface area (Å²) in [5.74, 6) is -3.08. The van der Waals surface area contributed by atoms with Gasteiger partial charge in [-0.1, -0.05) is 12.1 Å². The van der Waals surface area contributed by atoms with Gasteiger partial charge in [0.2, 0.25) is 5.91 Å². The molecular formula is C11H10FNO3. The molecule has 84 valence electrons. The van der Waals surface area contributed by atoms with Crippen molar-refractivity contribution in [1.82, 2.24) is 0 Å². The van der Waals surface area contributed by atoms with E-state index in [0.29, 0.717) is 6.42 Å². The molecule has 0 bridgehead atoms. The molecule has 0 saturated heterocycles. The van der Waals surface area contributed by atoms with Crippen LogP contribution in [0.3, 0.4) is 0 Å². The fourth-order valence-corrected chi connectivity index (χ4v) is 1.55. The SMILES string of the molecule is O=C(O)C1CC1C(=O)Nc1ccccc1F. The zero-order valence-corrected chi connectivity index (χ0v) is 8.31. The lowest BCUT2D eigenvalue weighted by Gasteiger charge is -2.04. The molecule has 1 aliphatic rings. The van der Waals surface area contributed by atoms with Gasteiger partial charge >= 0.3 is 5.97 Å². The second-order valence-corrected chi connectivity index (χ2v) is 3.76. The first-order valence-corrected chi connectivity index (χ1v) is 4.88. The Bertz CT molecular complexity index is 447. The molecule has 2 atom stereocenters. The van der Waals surface area contributed by atoms with Crippen molar-refractivity contribution >= 4 is 17.6 Å². The van der Waals surface area contributed by atoms with E-state index in [1.54, 1.807) is 6.07 Å². The summed E-state index contributed by atoms with van der Waals surface area (Å²) in [4.78, 5) is 22.0. The maximum Gasteiger partial charge on any atom is 0.307 e. The Morgan fingerprint density at radius 2 is 2.00 bits per heavy atom. The van der Waals surface area contributed by atoms with Crippen molar-refractivity contribution in [3.05, 3.63) is 30.1 Å². The third-order valence-corrected chi connectivity index (χ3v) is 2.58. The van der Waals surface area contributed by atoms with Crippen molar-refractivity contribution in [3.63, 3.8) is 0 Å². The van der Waals surface area contributed by atoms with Gasteiger partial charge in [0.05, 0.1) is 17.5 Å². The van der Waals surface area contributed by atoms with Crippen LogP contribution in [0.1, 0.15) is 6.42 Å².